The van der Waals surface area contributed by atoms with Gasteiger partial charge in [0.2, 0.25) is 11.8 Å². The van der Waals surface area contributed by atoms with Gasteiger partial charge in [-0.15, -0.1) is 0 Å². The van der Waals surface area contributed by atoms with E-state index in [4.69, 9.17) is 4.74 Å². The van der Waals surface area contributed by atoms with Gasteiger partial charge in [-0.3, -0.25) is 9.59 Å². The number of carbonyl (C=O) groups excluding carboxylic acids is 5. The topological polar surface area (TPSA) is 179 Å². The van der Waals surface area contributed by atoms with Gasteiger partial charge < -0.3 is 42.0 Å². The Kier molecular flexibility index (Phi) is 16.7. The van der Waals surface area contributed by atoms with Gasteiger partial charge in [0, 0.05) is 6.04 Å². The molecule has 0 heterocycles. The number of ether oxygens (including phenoxy) is 1. The van der Waals surface area contributed by atoms with E-state index in [9.17, 15) is 24.0 Å². The maximum Gasteiger partial charge on any atom is 0.408 e. The summed E-state index contributed by atoms with van der Waals surface area (Å²) >= 11 is 0. The third-order valence-electron chi connectivity index (χ3n) is 6.27. The summed E-state index contributed by atoms with van der Waals surface area (Å²) in [5.74, 6) is -0.934. The standard InChI is InChI=1S/C31H53N7O6/c1-18(2)15-24(34-31(43)44-17-23-13-11-10-12-14-23)28(40)37-26(20(5)6)38-30(42)33-22(9)27(39)35-25(16-19(3)4)36-29(41)32-21(7)8/h10-14,18-22,24-26H,15-17H2,1-9H3,(H,34,43)(H,35,39)(H,37,40)(H2,32,36,41)(H2,33,38,42)/t22-,24-,25+,26+/m0/s1. The molecule has 4 atom stereocenters. The van der Waals surface area contributed by atoms with Crippen LogP contribution in [0.3, 0.4) is 0 Å². The molecule has 44 heavy (non-hydrogen) atoms. The van der Waals surface area contributed by atoms with Gasteiger partial charge in [0.25, 0.3) is 0 Å². The Balaban J connectivity index is 2.77. The molecule has 7 amide bonds. The van der Waals surface area contributed by atoms with Crippen molar-refractivity contribution < 1.29 is 28.7 Å². The molecule has 0 radical (unpaired) electrons. The van der Waals surface area contributed by atoms with Gasteiger partial charge in [0.15, 0.2) is 0 Å². The Labute approximate surface area is 261 Å². The van der Waals surface area contributed by atoms with Crippen LogP contribution in [0.2, 0.25) is 0 Å². The summed E-state index contributed by atoms with van der Waals surface area (Å²) in [6.07, 6.45) is -1.33. The molecule has 1 aromatic rings. The lowest BCUT2D eigenvalue weighted by atomic mass is 10.0. The van der Waals surface area contributed by atoms with Crippen LogP contribution < -0.4 is 37.2 Å². The van der Waals surface area contributed by atoms with E-state index in [0.717, 1.165) is 5.56 Å². The van der Waals surface area contributed by atoms with E-state index in [1.807, 2.05) is 85.7 Å². The molecule has 13 heteroatoms. The first-order chi connectivity index (χ1) is 20.6. The van der Waals surface area contributed by atoms with Crippen molar-refractivity contribution >= 4 is 30.0 Å². The number of rotatable bonds is 16. The van der Waals surface area contributed by atoms with Crippen LogP contribution >= 0.6 is 0 Å². The first-order valence-electron chi connectivity index (χ1n) is 15.3. The number of benzene rings is 1. The predicted molar refractivity (Wildman–Crippen MR) is 169 cm³/mol. The molecular weight excluding hydrogens is 566 g/mol. The summed E-state index contributed by atoms with van der Waals surface area (Å²) in [6, 6.07) is 6.19. The first-order valence-corrected chi connectivity index (χ1v) is 15.3. The van der Waals surface area contributed by atoms with Gasteiger partial charge in [0.05, 0.1) is 0 Å². The van der Waals surface area contributed by atoms with Crippen molar-refractivity contribution in [1.82, 2.24) is 37.2 Å². The van der Waals surface area contributed by atoms with Gasteiger partial charge in [0.1, 0.15) is 31.0 Å². The minimum absolute atomic E-state index is 0.0597. The fourth-order valence-corrected chi connectivity index (χ4v) is 4.06. The summed E-state index contributed by atoms with van der Waals surface area (Å²) in [5, 5.41) is 18.9. The molecule has 0 saturated heterocycles. The number of urea groups is 2. The molecule has 0 unspecified atom stereocenters. The molecule has 0 aromatic heterocycles. The minimum Gasteiger partial charge on any atom is -0.445 e. The molecule has 7 N–H and O–H groups in total. The lowest BCUT2D eigenvalue weighted by Gasteiger charge is -2.28. The Hall–Kier alpha value is -4.03. The Morgan fingerprint density at radius 2 is 1.23 bits per heavy atom. The maximum atomic E-state index is 13.2. The quantitative estimate of drug-likeness (QED) is 0.140. The van der Waals surface area contributed by atoms with E-state index in [1.54, 1.807) is 0 Å². The molecule has 0 fully saturated rings. The fraction of sp³-hybridized carbons (Fsp3) is 0.645. The van der Waals surface area contributed by atoms with E-state index >= 15 is 0 Å². The van der Waals surface area contributed by atoms with Gasteiger partial charge in [-0.2, -0.15) is 0 Å². The molecule has 13 nitrogen and oxygen atoms in total. The lowest BCUT2D eigenvalue weighted by Crippen LogP contribution is -2.60. The molecule has 0 saturated carbocycles. The summed E-state index contributed by atoms with van der Waals surface area (Å²) in [7, 11) is 0. The van der Waals surface area contributed by atoms with Gasteiger partial charge in [-0.1, -0.05) is 71.9 Å². The molecule has 0 spiro atoms. The van der Waals surface area contributed by atoms with Gasteiger partial charge >= 0.3 is 18.2 Å². The van der Waals surface area contributed by atoms with Crippen LogP contribution in [-0.2, 0) is 20.9 Å². The average Bonchev–Trinajstić information content (AvgIpc) is 2.90. The highest BCUT2D eigenvalue weighted by molar-refractivity contribution is 5.88. The third kappa shape index (κ3) is 16.0. The highest BCUT2D eigenvalue weighted by Crippen LogP contribution is 2.09. The van der Waals surface area contributed by atoms with Crippen molar-refractivity contribution in [2.45, 2.75) is 112 Å². The van der Waals surface area contributed by atoms with E-state index in [1.165, 1.54) is 6.92 Å². The van der Waals surface area contributed by atoms with Gasteiger partial charge in [-0.05, 0) is 56.9 Å². The van der Waals surface area contributed by atoms with E-state index in [0.29, 0.717) is 12.8 Å². The largest absolute Gasteiger partial charge is 0.445 e. The number of carbonyl (C=O) groups is 5. The van der Waals surface area contributed by atoms with E-state index in [-0.39, 0.29) is 30.4 Å². The van der Waals surface area contributed by atoms with Crippen LogP contribution in [-0.4, -0.2) is 60.4 Å². The van der Waals surface area contributed by atoms with E-state index in [2.05, 4.69) is 37.2 Å². The summed E-state index contributed by atoms with van der Waals surface area (Å²) in [5.41, 5.74) is 0.814. The van der Waals surface area contributed by atoms with Crippen molar-refractivity contribution in [2.24, 2.45) is 17.8 Å². The Morgan fingerprint density at radius 1 is 0.636 bits per heavy atom. The highest BCUT2D eigenvalue weighted by atomic mass is 16.5. The molecule has 248 valence electrons. The van der Waals surface area contributed by atoms with Crippen molar-refractivity contribution in [3.63, 3.8) is 0 Å². The van der Waals surface area contributed by atoms with Gasteiger partial charge in [-0.25, -0.2) is 14.4 Å². The SMILES string of the molecule is CC(C)C[C@@H](NC(=O)NC(C)C)NC(=O)[C@H](C)NC(=O)N[C@@H](NC(=O)[C@H](CC(C)C)NC(=O)OCc1ccccc1)C(C)C. The van der Waals surface area contributed by atoms with Crippen LogP contribution in [0, 0.1) is 17.8 Å². The molecule has 0 aliphatic carbocycles. The molecule has 0 aliphatic heterocycles. The monoisotopic (exact) mass is 619 g/mol. The summed E-state index contributed by atoms with van der Waals surface area (Å²) < 4.78 is 5.29. The summed E-state index contributed by atoms with van der Waals surface area (Å²) in [6.45, 7) is 16.6. The molecule has 1 aromatic carbocycles. The number of hydrogen-bond acceptors (Lipinski definition) is 6. The fourth-order valence-electron chi connectivity index (χ4n) is 4.06. The maximum absolute atomic E-state index is 13.2. The zero-order valence-corrected chi connectivity index (χ0v) is 27.6. The number of hydrogen-bond donors (Lipinski definition) is 7. The van der Waals surface area contributed by atoms with Crippen LogP contribution in [0.4, 0.5) is 14.4 Å². The number of nitrogens with one attached hydrogen (secondary N) is 7. The van der Waals surface area contributed by atoms with Crippen LogP contribution in [0.5, 0.6) is 0 Å². The zero-order valence-electron chi connectivity index (χ0n) is 27.6. The lowest BCUT2D eigenvalue weighted by molar-refractivity contribution is -0.125. The summed E-state index contributed by atoms with van der Waals surface area (Å²) in [4.78, 5) is 63.6. The van der Waals surface area contributed by atoms with Crippen molar-refractivity contribution in [1.29, 1.82) is 0 Å². The minimum atomic E-state index is -0.946. The first kappa shape index (κ1) is 38.0. The molecule has 0 aliphatic rings. The molecular formula is C31H53N7O6. The highest BCUT2D eigenvalue weighted by Gasteiger charge is 2.28. The van der Waals surface area contributed by atoms with Crippen LogP contribution in [0.15, 0.2) is 30.3 Å². The second kappa shape index (κ2) is 19.3. The normalized spacial score (nSPS) is 13.8. The number of amides is 7. The zero-order chi connectivity index (χ0) is 33.4. The molecule has 1 rings (SSSR count). The smallest absolute Gasteiger partial charge is 0.408 e. The van der Waals surface area contributed by atoms with Crippen LogP contribution in [0.1, 0.15) is 80.7 Å². The predicted octanol–water partition coefficient (Wildman–Crippen LogP) is 3.31. The molecule has 0 bridgehead atoms. The second-order valence-electron chi connectivity index (χ2n) is 12.4. The number of alkyl carbamates (subject to hydrolysis) is 1. The second-order valence-corrected chi connectivity index (χ2v) is 12.4. The average molecular weight is 620 g/mol. The Morgan fingerprint density at radius 3 is 1.77 bits per heavy atom. The Bertz CT molecular complexity index is 1060. The van der Waals surface area contributed by atoms with Crippen molar-refractivity contribution in [2.75, 3.05) is 0 Å². The van der Waals surface area contributed by atoms with Crippen molar-refractivity contribution in [3.8, 4) is 0 Å². The third-order valence-corrected chi connectivity index (χ3v) is 6.27. The van der Waals surface area contributed by atoms with E-state index < -0.39 is 54.4 Å². The van der Waals surface area contributed by atoms with Crippen molar-refractivity contribution in [3.05, 3.63) is 35.9 Å². The van der Waals surface area contributed by atoms with Crippen LogP contribution in [0.25, 0.3) is 0 Å².